The highest BCUT2D eigenvalue weighted by Crippen LogP contribution is 2.35. The maximum atomic E-state index is 8.09. The van der Waals surface area contributed by atoms with Gasteiger partial charge in [0.2, 0.25) is 0 Å². The van der Waals surface area contributed by atoms with Crippen LogP contribution >= 0.6 is 0 Å². The van der Waals surface area contributed by atoms with Crippen molar-refractivity contribution in [3.05, 3.63) is 6.92 Å². The summed E-state index contributed by atoms with van der Waals surface area (Å²) in [7, 11) is 0. The van der Waals surface area contributed by atoms with Crippen molar-refractivity contribution in [2.75, 3.05) is 0 Å². The molecule has 31 valence electrons. The van der Waals surface area contributed by atoms with Crippen LogP contribution in [0.2, 0.25) is 0 Å². The molecule has 0 aromatic carbocycles. The van der Waals surface area contributed by atoms with E-state index in [1.807, 2.05) is 0 Å². The Kier molecular flexibility index (Phi) is 0.597. The van der Waals surface area contributed by atoms with Gasteiger partial charge in [0.25, 0.3) is 0 Å². The number of hydrogen-bond donors (Lipinski definition) is 0. The molecule has 2 unspecified atom stereocenters. The lowest BCUT2D eigenvalue weighted by molar-refractivity contribution is 1.00. The minimum absolute atomic E-state index is 0.296. The minimum atomic E-state index is 0.296. The van der Waals surface area contributed by atoms with Crippen molar-refractivity contribution >= 4 is 0 Å². The first kappa shape index (κ1) is 3.67. The SMILES string of the molecule is [CH2]C1CC1C#N. The molecule has 1 aliphatic rings. The predicted octanol–water partition coefficient (Wildman–Crippen LogP) is 0.980. The van der Waals surface area contributed by atoms with Crippen LogP contribution in [0.25, 0.3) is 0 Å². The molecule has 0 aliphatic heterocycles. The largest absolute Gasteiger partial charge is 0.198 e. The monoisotopic (exact) mass is 80.1 g/mol. The Bertz CT molecular complexity index is 90.6. The number of nitrogens with zero attached hydrogens (tertiary/aromatic N) is 1. The van der Waals surface area contributed by atoms with Crippen LogP contribution in [0.5, 0.6) is 0 Å². The zero-order valence-corrected chi connectivity index (χ0v) is 3.52. The summed E-state index contributed by atoms with van der Waals surface area (Å²) in [6.45, 7) is 3.68. The quantitative estimate of drug-likeness (QED) is 0.425. The van der Waals surface area contributed by atoms with Gasteiger partial charge in [-0.2, -0.15) is 5.26 Å². The number of hydrogen-bond acceptors (Lipinski definition) is 1. The van der Waals surface area contributed by atoms with E-state index in [4.69, 9.17) is 5.26 Å². The standard InChI is InChI=1S/C5H6N/c1-4-2-5(4)3-6/h4-5H,1-2H2. The van der Waals surface area contributed by atoms with Crippen molar-refractivity contribution in [1.82, 2.24) is 0 Å². The Hall–Kier alpha value is -0.510. The molecule has 1 nitrogen and oxygen atoms in total. The van der Waals surface area contributed by atoms with E-state index in [1.165, 1.54) is 0 Å². The van der Waals surface area contributed by atoms with Gasteiger partial charge in [-0.3, -0.25) is 0 Å². The summed E-state index contributed by atoms with van der Waals surface area (Å²) < 4.78 is 0. The molecule has 0 saturated heterocycles. The van der Waals surface area contributed by atoms with Gasteiger partial charge < -0.3 is 0 Å². The molecule has 1 rings (SSSR count). The molecule has 0 heterocycles. The zero-order valence-electron chi connectivity index (χ0n) is 3.52. The van der Waals surface area contributed by atoms with Crippen LogP contribution in [0.3, 0.4) is 0 Å². The minimum Gasteiger partial charge on any atom is -0.198 e. The van der Waals surface area contributed by atoms with Crippen molar-refractivity contribution < 1.29 is 0 Å². The molecule has 0 amide bonds. The smallest absolute Gasteiger partial charge is 0.0658 e. The highest BCUT2D eigenvalue weighted by molar-refractivity contribution is 5.02. The predicted molar refractivity (Wildman–Crippen MR) is 22.6 cm³/mol. The highest BCUT2D eigenvalue weighted by atomic mass is 14.4. The van der Waals surface area contributed by atoms with E-state index in [0.717, 1.165) is 6.42 Å². The van der Waals surface area contributed by atoms with E-state index in [2.05, 4.69) is 13.0 Å². The Balaban J connectivity index is 2.31. The van der Waals surface area contributed by atoms with Crippen LogP contribution in [-0.2, 0) is 0 Å². The fourth-order valence-electron chi connectivity index (χ4n) is 0.406. The third-order valence-corrected chi connectivity index (χ3v) is 1.09. The molecular formula is C5H6N. The Morgan fingerprint density at radius 1 is 1.83 bits per heavy atom. The third kappa shape index (κ3) is 0.386. The summed E-state index contributed by atoms with van der Waals surface area (Å²) in [4.78, 5) is 0. The van der Waals surface area contributed by atoms with Crippen LogP contribution < -0.4 is 0 Å². The summed E-state index contributed by atoms with van der Waals surface area (Å²) in [5.41, 5.74) is 0. The van der Waals surface area contributed by atoms with Crippen molar-refractivity contribution in [3.63, 3.8) is 0 Å². The molecule has 1 fully saturated rings. The average molecular weight is 80.1 g/mol. The number of rotatable bonds is 0. The summed E-state index contributed by atoms with van der Waals surface area (Å²) in [6.07, 6.45) is 1.02. The van der Waals surface area contributed by atoms with Gasteiger partial charge in [0.15, 0.2) is 0 Å². The molecule has 0 N–H and O–H groups in total. The van der Waals surface area contributed by atoms with Crippen molar-refractivity contribution in [1.29, 1.82) is 5.26 Å². The van der Waals surface area contributed by atoms with Gasteiger partial charge in [0, 0.05) is 5.92 Å². The second-order valence-electron chi connectivity index (χ2n) is 1.73. The summed E-state index contributed by atoms with van der Waals surface area (Å²) in [6, 6.07) is 2.13. The summed E-state index contributed by atoms with van der Waals surface area (Å²) in [5, 5.41) is 8.09. The maximum absolute atomic E-state index is 8.09. The Labute approximate surface area is 37.6 Å². The molecule has 0 spiro atoms. The van der Waals surface area contributed by atoms with E-state index in [1.54, 1.807) is 0 Å². The van der Waals surface area contributed by atoms with Crippen molar-refractivity contribution in [2.24, 2.45) is 11.8 Å². The molecule has 1 aliphatic carbocycles. The second-order valence-corrected chi connectivity index (χ2v) is 1.73. The van der Waals surface area contributed by atoms with Crippen molar-refractivity contribution in [2.45, 2.75) is 6.42 Å². The van der Waals surface area contributed by atoms with Crippen LogP contribution in [0, 0.1) is 30.1 Å². The Morgan fingerprint density at radius 3 is 2.33 bits per heavy atom. The van der Waals surface area contributed by atoms with Gasteiger partial charge in [-0.05, 0) is 19.3 Å². The van der Waals surface area contributed by atoms with Crippen LogP contribution in [0.1, 0.15) is 6.42 Å². The molecule has 0 bridgehead atoms. The average Bonchev–Trinajstić information content (AvgIpc) is 2.19. The molecule has 0 aromatic rings. The lowest BCUT2D eigenvalue weighted by Crippen LogP contribution is -1.64. The normalized spacial score (nSPS) is 41.3. The second kappa shape index (κ2) is 0.975. The van der Waals surface area contributed by atoms with Gasteiger partial charge in [0.05, 0.1) is 6.07 Å². The van der Waals surface area contributed by atoms with Gasteiger partial charge in [-0.15, -0.1) is 0 Å². The molecule has 1 saturated carbocycles. The van der Waals surface area contributed by atoms with Gasteiger partial charge in [-0.25, -0.2) is 0 Å². The first-order valence-electron chi connectivity index (χ1n) is 2.07. The van der Waals surface area contributed by atoms with Crippen molar-refractivity contribution in [3.8, 4) is 6.07 Å². The summed E-state index contributed by atoms with van der Waals surface area (Å²) >= 11 is 0. The molecule has 1 radical (unpaired) electrons. The topological polar surface area (TPSA) is 23.8 Å². The molecule has 2 atom stereocenters. The zero-order chi connectivity index (χ0) is 4.57. The van der Waals surface area contributed by atoms with E-state index in [-0.39, 0.29) is 0 Å². The fraction of sp³-hybridized carbons (Fsp3) is 0.600. The lowest BCUT2D eigenvalue weighted by atomic mass is 10.4. The van der Waals surface area contributed by atoms with Gasteiger partial charge in [-0.1, -0.05) is 0 Å². The van der Waals surface area contributed by atoms with E-state index in [9.17, 15) is 0 Å². The van der Waals surface area contributed by atoms with Gasteiger partial charge in [0.1, 0.15) is 0 Å². The van der Waals surface area contributed by atoms with E-state index in [0.29, 0.717) is 11.8 Å². The highest BCUT2D eigenvalue weighted by Gasteiger charge is 2.32. The van der Waals surface area contributed by atoms with E-state index < -0.39 is 0 Å². The van der Waals surface area contributed by atoms with E-state index >= 15 is 0 Å². The summed E-state index contributed by atoms with van der Waals surface area (Å²) in [5.74, 6) is 0.750. The molecule has 0 aromatic heterocycles. The van der Waals surface area contributed by atoms with Gasteiger partial charge >= 0.3 is 0 Å². The molecule has 1 heteroatoms. The van der Waals surface area contributed by atoms with Crippen LogP contribution in [0.4, 0.5) is 0 Å². The Morgan fingerprint density at radius 2 is 2.33 bits per heavy atom. The molecular weight excluding hydrogens is 74.1 g/mol. The first-order chi connectivity index (χ1) is 2.84. The van der Waals surface area contributed by atoms with Crippen LogP contribution in [-0.4, -0.2) is 0 Å². The lowest BCUT2D eigenvalue weighted by Gasteiger charge is -1.64. The number of nitriles is 1. The fourth-order valence-corrected chi connectivity index (χ4v) is 0.406. The van der Waals surface area contributed by atoms with Crippen LogP contribution in [0.15, 0.2) is 0 Å². The first-order valence-corrected chi connectivity index (χ1v) is 2.07. The molecule has 6 heavy (non-hydrogen) atoms. The maximum Gasteiger partial charge on any atom is 0.0658 e. The third-order valence-electron chi connectivity index (χ3n) is 1.09.